The third-order valence-electron chi connectivity index (χ3n) is 8.77. The summed E-state index contributed by atoms with van der Waals surface area (Å²) in [5, 5.41) is 4.35. The zero-order chi connectivity index (χ0) is 24.4. The zero-order valence-electron chi connectivity index (χ0n) is 21.3. The third kappa shape index (κ3) is 4.90. The van der Waals surface area contributed by atoms with Crippen LogP contribution in [0.4, 0.5) is 11.4 Å². The Bertz CT molecular complexity index is 1080. The van der Waals surface area contributed by atoms with Crippen LogP contribution in [0.5, 0.6) is 0 Å². The predicted octanol–water partition coefficient (Wildman–Crippen LogP) is 7.35. The number of likely N-dealkylation sites (tertiary alicyclic amines) is 1. The van der Waals surface area contributed by atoms with Crippen molar-refractivity contribution in [3.8, 4) is 0 Å². The van der Waals surface area contributed by atoms with E-state index in [1.807, 2.05) is 12.1 Å². The molecule has 0 bridgehead atoms. The van der Waals surface area contributed by atoms with Gasteiger partial charge in [-0.25, -0.2) is 0 Å². The van der Waals surface area contributed by atoms with E-state index in [1.54, 1.807) is 0 Å². The van der Waals surface area contributed by atoms with Crippen molar-refractivity contribution in [2.75, 3.05) is 36.9 Å². The highest BCUT2D eigenvalue weighted by Crippen LogP contribution is 2.50. The van der Waals surface area contributed by atoms with Crippen LogP contribution < -0.4 is 10.2 Å². The van der Waals surface area contributed by atoms with Crippen LogP contribution in [0.25, 0.3) is 0 Å². The van der Waals surface area contributed by atoms with Crippen molar-refractivity contribution in [1.29, 1.82) is 0 Å². The van der Waals surface area contributed by atoms with Gasteiger partial charge in [-0.3, -0.25) is 0 Å². The van der Waals surface area contributed by atoms with E-state index in [2.05, 4.69) is 65.7 Å². The molecule has 35 heavy (non-hydrogen) atoms. The molecule has 1 saturated carbocycles. The maximum Gasteiger partial charge on any atom is 0.0425 e. The highest BCUT2D eigenvalue weighted by Gasteiger charge is 2.44. The molecule has 5 rings (SSSR count). The smallest absolute Gasteiger partial charge is 0.0425 e. The fourth-order valence-electron chi connectivity index (χ4n) is 6.27. The standard InChI is InChI=1S/C31H40ClN3/c1-4-5-9-25-21-24(12-15-30(25)34(3)27-10-6-11-27)8-7-18-35-19-16-31(17-20-35)23(2)33-29-14-13-26(32)22-28(29)31/h4,12-15,21-22,27,33H,1-2,5-11,16-20H2,3H3. The summed E-state index contributed by atoms with van der Waals surface area (Å²) < 4.78 is 0. The number of halogens is 1. The molecule has 2 aromatic rings. The molecule has 0 radical (unpaired) electrons. The van der Waals surface area contributed by atoms with Gasteiger partial charge in [-0.05, 0) is 118 Å². The molecule has 1 spiro atoms. The Kier molecular flexibility index (Phi) is 7.27. The maximum atomic E-state index is 6.35. The minimum Gasteiger partial charge on any atom is -0.371 e. The second-order valence-electron chi connectivity index (χ2n) is 10.8. The van der Waals surface area contributed by atoms with Crippen LogP contribution in [-0.4, -0.2) is 37.6 Å². The molecule has 0 atom stereocenters. The van der Waals surface area contributed by atoms with E-state index in [-0.39, 0.29) is 5.41 Å². The van der Waals surface area contributed by atoms with E-state index in [9.17, 15) is 0 Å². The van der Waals surface area contributed by atoms with Gasteiger partial charge in [0.2, 0.25) is 0 Å². The molecule has 2 aliphatic heterocycles. The van der Waals surface area contributed by atoms with E-state index in [4.69, 9.17) is 11.6 Å². The molecular formula is C31H40ClN3. The topological polar surface area (TPSA) is 18.5 Å². The average Bonchev–Trinajstić information content (AvgIpc) is 3.08. The van der Waals surface area contributed by atoms with Gasteiger partial charge in [-0.15, -0.1) is 6.58 Å². The Morgan fingerprint density at radius 1 is 1.14 bits per heavy atom. The molecule has 2 fully saturated rings. The molecule has 186 valence electrons. The van der Waals surface area contributed by atoms with Crippen molar-refractivity contribution >= 4 is 23.0 Å². The summed E-state index contributed by atoms with van der Waals surface area (Å²) in [6, 6.07) is 14.1. The number of benzene rings is 2. The van der Waals surface area contributed by atoms with Gasteiger partial charge in [0, 0.05) is 40.6 Å². The monoisotopic (exact) mass is 489 g/mol. The zero-order valence-corrected chi connectivity index (χ0v) is 22.0. The van der Waals surface area contributed by atoms with Gasteiger partial charge in [-0.1, -0.05) is 36.4 Å². The van der Waals surface area contributed by atoms with Gasteiger partial charge in [-0.2, -0.15) is 0 Å². The van der Waals surface area contributed by atoms with Crippen LogP contribution in [0.15, 0.2) is 61.3 Å². The van der Waals surface area contributed by atoms with Crippen LogP contribution in [0.2, 0.25) is 5.02 Å². The van der Waals surface area contributed by atoms with E-state index >= 15 is 0 Å². The Labute approximate surface area is 216 Å². The van der Waals surface area contributed by atoms with E-state index < -0.39 is 0 Å². The van der Waals surface area contributed by atoms with Crippen molar-refractivity contribution in [3.05, 3.63) is 83.0 Å². The van der Waals surface area contributed by atoms with Crippen LogP contribution in [-0.2, 0) is 18.3 Å². The first kappa shape index (κ1) is 24.5. The Morgan fingerprint density at radius 3 is 2.66 bits per heavy atom. The highest BCUT2D eigenvalue weighted by molar-refractivity contribution is 6.30. The molecular weight excluding hydrogens is 450 g/mol. The fourth-order valence-corrected chi connectivity index (χ4v) is 6.44. The lowest BCUT2D eigenvalue weighted by molar-refractivity contribution is 0.179. The molecule has 3 aliphatic rings. The molecule has 1 saturated heterocycles. The number of nitrogens with zero attached hydrogens (tertiary/aromatic N) is 2. The minimum atomic E-state index is 0.0408. The highest BCUT2D eigenvalue weighted by atomic mass is 35.5. The first-order valence-corrected chi connectivity index (χ1v) is 13.8. The lowest BCUT2D eigenvalue weighted by Gasteiger charge is -2.40. The summed E-state index contributed by atoms with van der Waals surface area (Å²) in [5.41, 5.74) is 8.10. The number of anilines is 2. The quantitative estimate of drug-likeness (QED) is 0.371. The summed E-state index contributed by atoms with van der Waals surface area (Å²) in [4.78, 5) is 5.16. The average molecular weight is 490 g/mol. The Balaban J connectivity index is 1.17. The van der Waals surface area contributed by atoms with Gasteiger partial charge in [0.15, 0.2) is 0 Å². The predicted molar refractivity (Wildman–Crippen MR) is 151 cm³/mol. The first-order valence-electron chi connectivity index (χ1n) is 13.4. The Hall–Kier alpha value is -2.23. The number of piperidine rings is 1. The molecule has 0 unspecified atom stereocenters. The van der Waals surface area contributed by atoms with Gasteiger partial charge in [0.1, 0.15) is 0 Å². The van der Waals surface area contributed by atoms with Gasteiger partial charge >= 0.3 is 0 Å². The second-order valence-corrected chi connectivity index (χ2v) is 11.2. The normalized spacial score (nSPS) is 19.3. The molecule has 3 nitrogen and oxygen atoms in total. The van der Waals surface area contributed by atoms with Crippen molar-refractivity contribution in [2.45, 2.75) is 69.2 Å². The van der Waals surface area contributed by atoms with Gasteiger partial charge in [0.25, 0.3) is 0 Å². The first-order chi connectivity index (χ1) is 17.0. The number of fused-ring (bicyclic) bond motifs is 2. The van der Waals surface area contributed by atoms with Gasteiger partial charge in [0.05, 0.1) is 0 Å². The summed E-state index contributed by atoms with van der Waals surface area (Å²) >= 11 is 6.35. The molecule has 0 aromatic heterocycles. The van der Waals surface area contributed by atoms with Crippen molar-refractivity contribution in [1.82, 2.24) is 4.90 Å². The van der Waals surface area contributed by atoms with E-state index in [0.29, 0.717) is 0 Å². The minimum absolute atomic E-state index is 0.0408. The maximum absolute atomic E-state index is 6.35. The number of hydrogen-bond acceptors (Lipinski definition) is 3. The summed E-state index contributed by atoms with van der Waals surface area (Å²) in [5.74, 6) is 0. The molecule has 1 N–H and O–H groups in total. The SMILES string of the molecule is C=CCCc1cc(CCCN2CCC3(CC2)C(=C)Nc2ccc(Cl)cc23)ccc1N(C)C1CCC1. The van der Waals surface area contributed by atoms with E-state index in [0.717, 1.165) is 68.5 Å². The third-order valence-corrected chi connectivity index (χ3v) is 9.01. The summed E-state index contributed by atoms with van der Waals surface area (Å²) in [7, 11) is 2.28. The summed E-state index contributed by atoms with van der Waals surface area (Å²) in [6.07, 6.45) is 12.8. The number of nitrogens with one attached hydrogen (secondary N) is 1. The lowest BCUT2D eigenvalue weighted by Crippen LogP contribution is -2.43. The van der Waals surface area contributed by atoms with E-state index in [1.165, 1.54) is 53.7 Å². The fraction of sp³-hybridized carbons (Fsp3) is 0.484. The molecule has 2 aromatic carbocycles. The number of hydrogen-bond donors (Lipinski definition) is 1. The molecule has 2 heterocycles. The molecule has 0 amide bonds. The number of allylic oxidation sites excluding steroid dienone is 2. The van der Waals surface area contributed by atoms with Crippen molar-refractivity contribution in [2.24, 2.45) is 0 Å². The van der Waals surface area contributed by atoms with Crippen LogP contribution in [0.1, 0.15) is 61.6 Å². The van der Waals surface area contributed by atoms with Gasteiger partial charge < -0.3 is 15.1 Å². The Morgan fingerprint density at radius 2 is 1.94 bits per heavy atom. The lowest BCUT2D eigenvalue weighted by atomic mass is 9.72. The molecule has 1 aliphatic carbocycles. The van der Waals surface area contributed by atoms with Crippen LogP contribution in [0.3, 0.4) is 0 Å². The largest absolute Gasteiger partial charge is 0.371 e. The van der Waals surface area contributed by atoms with Crippen LogP contribution >= 0.6 is 11.6 Å². The van der Waals surface area contributed by atoms with Crippen molar-refractivity contribution < 1.29 is 0 Å². The van der Waals surface area contributed by atoms with Crippen molar-refractivity contribution in [3.63, 3.8) is 0 Å². The number of rotatable bonds is 9. The number of aryl methyl sites for hydroxylation is 2. The molecule has 4 heteroatoms. The van der Waals surface area contributed by atoms with Crippen LogP contribution in [0, 0.1) is 0 Å². The second kappa shape index (κ2) is 10.4. The summed E-state index contributed by atoms with van der Waals surface area (Å²) in [6.45, 7) is 11.7.